The van der Waals surface area contributed by atoms with Gasteiger partial charge in [0.1, 0.15) is 0 Å². The highest BCUT2D eigenvalue weighted by molar-refractivity contribution is 5.92. The van der Waals surface area contributed by atoms with E-state index in [0.717, 1.165) is 6.42 Å². The van der Waals surface area contributed by atoms with Crippen molar-refractivity contribution in [1.82, 2.24) is 5.32 Å². The highest BCUT2D eigenvalue weighted by atomic mass is 16.1. The Labute approximate surface area is 175 Å². The van der Waals surface area contributed by atoms with Crippen LogP contribution in [0.15, 0.2) is 48.7 Å². The Bertz CT molecular complexity index is 459. The summed E-state index contributed by atoms with van der Waals surface area (Å²) >= 11 is 0. The highest BCUT2D eigenvalue weighted by Crippen LogP contribution is 2.13. The van der Waals surface area contributed by atoms with Crippen LogP contribution < -0.4 is 5.32 Å². The smallest absolute Gasteiger partial charge is 0.250 e. The second-order valence-corrected chi connectivity index (χ2v) is 7.81. The lowest BCUT2D eigenvalue weighted by molar-refractivity contribution is -0.116. The first-order valence-corrected chi connectivity index (χ1v) is 11.6. The molecule has 0 radical (unpaired) electrons. The van der Waals surface area contributed by atoms with Crippen LogP contribution in [-0.4, -0.2) is 5.91 Å². The van der Waals surface area contributed by atoms with Crippen molar-refractivity contribution in [3.8, 4) is 0 Å². The predicted octanol–water partition coefficient (Wildman–Crippen LogP) is 8.18. The van der Waals surface area contributed by atoms with Gasteiger partial charge >= 0.3 is 0 Å². The summed E-state index contributed by atoms with van der Waals surface area (Å²) in [6.45, 7) is 7.56. The van der Waals surface area contributed by atoms with Gasteiger partial charge in [0.05, 0.1) is 0 Å². The number of carbonyl (C=O) groups excluding carboxylic acids is 1. The summed E-state index contributed by atoms with van der Waals surface area (Å²) in [5.41, 5.74) is 0.515. The number of hydrogen-bond acceptors (Lipinski definition) is 1. The summed E-state index contributed by atoms with van der Waals surface area (Å²) in [6, 6.07) is 0. The standard InChI is InChI=1S/C26H45NO/c1-4-5-6-7-8-9-10-11-12-13-14-15-16-17-18-19-20-21-22-23-24-27-26(28)25(2)3/h19-24H,2,4-18H2,1,3H3,(H,27,28). The molecule has 0 fully saturated rings. The maximum Gasteiger partial charge on any atom is 0.250 e. The molecule has 0 unspecified atom stereocenters. The number of carbonyl (C=O) groups is 1. The first-order chi connectivity index (χ1) is 13.7. The van der Waals surface area contributed by atoms with E-state index in [9.17, 15) is 4.79 Å². The van der Waals surface area contributed by atoms with Crippen molar-refractivity contribution >= 4 is 5.91 Å². The Morgan fingerprint density at radius 1 is 0.714 bits per heavy atom. The zero-order chi connectivity index (χ0) is 20.7. The molecule has 0 aromatic rings. The average Bonchev–Trinajstić information content (AvgIpc) is 2.68. The molecule has 0 saturated heterocycles. The number of amides is 1. The van der Waals surface area contributed by atoms with Gasteiger partial charge in [-0.05, 0) is 25.8 Å². The van der Waals surface area contributed by atoms with E-state index in [1.54, 1.807) is 13.1 Å². The van der Waals surface area contributed by atoms with E-state index >= 15 is 0 Å². The molecule has 0 spiro atoms. The maximum atomic E-state index is 11.2. The SMILES string of the molecule is C=C(C)C(=O)NC=CC=CC=CCCCCCCCCCCCCCCCC. The fourth-order valence-electron chi connectivity index (χ4n) is 3.06. The Morgan fingerprint density at radius 3 is 1.68 bits per heavy atom. The number of nitrogens with one attached hydrogen (secondary N) is 1. The normalized spacial score (nSPS) is 11.8. The summed E-state index contributed by atoms with van der Waals surface area (Å²) in [4.78, 5) is 11.2. The van der Waals surface area contributed by atoms with Gasteiger partial charge in [0, 0.05) is 11.8 Å². The van der Waals surface area contributed by atoms with Crippen molar-refractivity contribution in [3.05, 3.63) is 48.7 Å². The first kappa shape index (κ1) is 26.4. The number of unbranched alkanes of at least 4 members (excludes halogenated alkanes) is 14. The third kappa shape index (κ3) is 20.7. The van der Waals surface area contributed by atoms with Crippen molar-refractivity contribution in [2.24, 2.45) is 0 Å². The molecule has 2 nitrogen and oxygen atoms in total. The summed E-state index contributed by atoms with van der Waals surface area (Å²) in [7, 11) is 0. The molecule has 1 amide bonds. The summed E-state index contributed by atoms with van der Waals surface area (Å²) in [5, 5.41) is 2.65. The highest BCUT2D eigenvalue weighted by Gasteiger charge is 1.95. The second kappa shape index (κ2) is 21.7. The molecule has 160 valence electrons. The van der Waals surface area contributed by atoms with Crippen molar-refractivity contribution in [2.75, 3.05) is 0 Å². The van der Waals surface area contributed by atoms with Crippen LogP contribution >= 0.6 is 0 Å². The zero-order valence-electron chi connectivity index (χ0n) is 18.7. The van der Waals surface area contributed by atoms with E-state index in [-0.39, 0.29) is 5.91 Å². The summed E-state index contributed by atoms with van der Waals surface area (Å²) in [5.74, 6) is -0.141. The molecule has 0 rings (SSSR count). The van der Waals surface area contributed by atoms with Gasteiger partial charge in [-0.15, -0.1) is 0 Å². The van der Waals surface area contributed by atoms with Gasteiger partial charge in [0.15, 0.2) is 0 Å². The molecule has 0 atom stereocenters. The van der Waals surface area contributed by atoms with E-state index < -0.39 is 0 Å². The third-order valence-electron chi connectivity index (χ3n) is 4.89. The van der Waals surface area contributed by atoms with Gasteiger partial charge < -0.3 is 5.32 Å². The van der Waals surface area contributed by atoms with Crippen LogP contribution in [0.5, 0.6) is 0 Å². The molecule has 0 heterocycles. The molecule has 28 heavy (non-hydrogen) atoms. The van der Waals surface area contributed by atoms with E-state index in [4.69, 9.17) is 0 Å². The Hall–Kier alpha value is -1.57. The topological polar surface area (TPSA) is 29.1 Å². The van der Waals surface area contributed by atoms with E-state index in [2.05, 4.69) is 31.0 Å². The monoisotopic (exact) mass is 387 g/mol. The van der Waals surface area contributed by atoms with E-state index in [0.29, 0.717) is 5.57 Å². The lowest BCUT2D eigenvalue weighted by Gasteiger charge is -2.02. The van der Waals surface area contributed by atoms with Gasteiger partial charge in [0.2, 0.25) is 5.91 Å². The predicted molar refractivity (Wildman–Crippen MR) is 125 cm³/mol. The number of allylic oxidation sites excluding steroid dienone is 5. The fourth-order valence-corrected chi connectivity index (χ4v) is 3.06. The average molecular weight is 388 g/mol. The number of hydrogen-bond donors (Lipinski definition) is 1. The molecular weight excluding hydrogens is 342 g/mol. The minimum Gasteiger partial charge on any atom is -0.329 e. The van der Waals surface area contributed by atoms with Gasteiger partial charge in [-0.2, -0.15) is 0 Å². The molecule has 0 bridgehead atoms. The van der Waals surface area contributed by atoms with Crippen LogP contribution in [-0.2, 0) is 4.79 Å². The van der Waals surface area contributed by atoms with Gasteiger partial charge in [0.25, 0.3) is 0 Å². The van der Waals surface area contributed by atoms with Crippen molar-refractivity contribution in [2.45, 2.75) is 110 Å². The van der Waals surface area contributed by atoms with Crippen molar-refractivity contribution in [1.29, 1.82) is 0 Å². The Kier molecular flexibility index (Phi) is 20.5. The lowest BCUT2D eigenvalue weighted by atomic mass is 10.0. The van der Waals surface area contributed by atoms with Gasteiger partial charge in [-0.1, -0.05) is 121 Å². The van der Waals surface area contributed by atoms with E-state index in [1.165, 1.54) is 89.9 Å². The van der Waals surface area contributed by atoms with Crippen molar-refractivity contribution in [3.63, 3.8) is 0 Å². The largest absolute Gasteiger partial charge is 0.329 e. The van der Waals surface area contributed by atoms with E-state index in [1.807, 2.05) is 18.2 Å². The molecule has 0 saturated carbocycles. The molecule has 0 aromatic carbocycles. The van der Waals surface area contributed by atoms with Crippen molar-refractivity contribution < 1.29 is 4.79 Å². The van der Waals surface area contributed by atoms with Crippen LogP contribution in [0.4, 0.5) is 0 Å². The molecule has 0 aliphatic carbocycles. The quantitative estimate of drug-likeness (QED) is 0.135. The van der Waals surface area contributed by atoms with Crippen LogP contribution in [0.3, 0.4) is 0 Å². The molecule has 2 heteroatoms. The lowest BCUT2D eigenvalue weighted by Crippen LogP contribution is -2.16. The van der Waals surface area contributed by atoms with Crippen LogP contribution in [0.1, 0.15) is 110 Å². The summed E-state index contributed by atoms with van der Waals surface area (Å²) < 4.78 is 0. The van der Waals surface area contributed by atoms with Crippen LogP contribution in [0.25, 0.3) is 0 Å². The maximum absolute atomic E-state index is 11.2. The molecule has 1 N–H and O–H groups in total. The third-order valence-corrected chi connectivity index (χ3v) is 4.89. The Balaban J connectivity index is 3.29. The minimum atomic E-state index is -0.141. The number of rotatable bonds is 19. The zero-order valence-corrected chi connectivity index (χ0v) is 18.7. The van der Waals surface area contributed by atoms with Crippen LogP contribution in [0, 0.1) is 0 Å². The Morgan fingerprint density at radius 2 is 1.18 bits per heavy atom. The second-order valence-electron chi connectivity index (χ2n) is 7.81. The fraction of sp³-hybridized carbons (Fsp3) is 0.654. The minimum absolute atomic E-state index is 0.141. The molecule has 0 aliphatic rings. The first-order valence-electron chi connectivity index (χ1n) is 11.6. The molecular formula is C26H45NO. The molecule has 0 aromatic heterocycles. The van der Waals surface area contributed by atoms with Crippen LogP contribution in [0.2, 0.25) is 0 Å². The van der Waals surface area contributed by atoms with Gasteiger partial charge in [-0.25, -0.2) is 0 Å². The summed E-state index contributed by atoms with van der Waals surface area (Å²) in [6.07, 6.45) is 32.5. The molecule has 0 aliphatic heterocycles. The van der Waals surface area contributed by atoms with Gasteiger partial charge in [-0.3, -0.25) is 4.79 Å².